The lowest BCUT2D eigenvalue weighted by Crippen LogP contribution is -2.30. The molecule has 148 valence electrons. The largest absolute Gasteiger partial charge is 0.322 e. The van der Waals surface area contributed by atoms with Gasteiger partial charge >= 0.3 is 0 Å². The van der Waals surface area contributed by atoms with Crippen molar-refractivity contribution in [2.24, 2.45) is 0 Å². The molecular weight excluding hydrogens is 374 g/mol. The van der Waals surface area contributed by atoms with Crippen LogP contribution in [0.25, 0.3) is 10.8 Å². The number of nitrogens with one attached hydrogen (secondary N) is 1. The molecule has 0 saturated carbocycles. The van der Waals surface area contributed by atoms with Gasteiger partial charge in [-0.25, -0.2) is 0 Å². The van der Waals surface area contributed by atoms with Crippen molar-refractivity contribution in [1.82, 2.24) is 4.98 Å². The molecule has 0 atom stereocenters. The van der Waals surface area contributed by atoms with Crippen molar-refractivity contribution in [2.45, 2.75) is 6.92 Å². The van der Waals surface area contributed by atoms with Crippen molar-refractivity contribution in [2.75, 3.05) is 16.8 Å². The maximum Gasteiger partial charge on any atom is 0.258 e. The number of carbonyl (C=O) groups is 2. The Morgan fingerprint density at radius 2 is 1.53 bits per heavy atom. The van der Waals surface area contributed by atoms with Crippen LogP contribution in [-0.4, -0.2) is 23.3 Å². The van der Waals surface area contributed by atoms with Gasteiger partial charge in [0.2, 0.25) is 0 Å². The lowest BCUT2D eigenvalue weighted by atomic mass is 10.1. The number of fused-ring (bicyclic) bond motifs is 1. The van der Waals surface area contributed by atoms with Gasteiger partial charge in [-0.1, -0.05) is 36.4 Å². The van der Waals surface area contributed by atoms with E-state index in [9.17, 15) is 9.59 Å². The van der Waals surface area contributed by atoms with Crippen molar-refractivity contribution < 1.29 is 9.59 Å². The summed E-state index contributed by atoms with van der Waals surface area (Å²) in [6.45, 7) is 2.51. The van der Waals surface area contributed by atoms with E-state index in [2.05, 4.69) is 10.3 Å². The molecule has 30 heavy (non-hydrogen) atoms. The first-order chi connectivity index (χ1) is 14.7. The summed E-state index contributed by atoms with van der Waals surface area (Å²) in [5, 5.41) is 4.96. The summed E-state index contributed by atoms with van der Waals surface area (Å²) in [4.78, 5) is 31.2. The number of aromatic nitrogens is 1. The van der Waals surface area contributed by atoms with E-state index >= 15 is 0 Å². The summed E-state index contributed by atoms with van der Waals surface area (Å²) >= 11 is 0. The number of anilines is 2. The van der Waals surface area contributed by atoms with E-state index in [0.29, 0.717) is 23.4 Å². The molecular formula is C25H21N3O2. The Hall–Kier alpha value is -3.99. The third-order valence-corrected chi connectivity index (χ3v) is 4.95. The van der Waals surface area contributed by atoms with Gasteiger partial charge in [0.25, 0.3) is 11.8 Å². The van der Waals surface area contributed by atoms with E-state index in [1.165, 1.54) is 0 Å². The van der Waals surface area contributed by atoms with Crippen LogP contribution in [0.3, 0.4) is 0 Å². The average molecular weight is 395 g/mol. The molecule has 5 heteroatoms. The third-order valence-electron chi connectivity index (χ3n) is 4.95. The molecule has 0 bridgehead atoms. The predicted molar refractivity (Wildman–Crippen MR) is 120 cm³/mol. The standard InChI is InChI=1S/C25H21N3O2/c1-2-28(23-9-5-7-18-6-3-4-8-22(18)23)25(30)20-10-12-21(13-11-20)27-24(29)19-14-16-26-17-15-19/h3-17H,2H2,1H3,(H,27,29). The Kier molecular flexibility index (Phi) is 5.52. The fraction of sp³-hybridized carbons (Fsp3) is 0.0800. The number of hydrogen-bond acceptors (Lipinski definition) is 3. The van der Waals surface area contributed by atoms with Crippen molar-refractivity contribution in [3.63, 3.8) is 0 Å². The van der Waals surface area contributed by atoms with Crippen molar-refractivity contribution in [3.05, 3.63) is 102 Å². The summed E-state index contributed by atoms with van der Waals surface area (Å²) in [5.41, 5.74) is 2.60. The molecule has 0 unspecified atom stereocenters. The monoisotopic (exact) mass is 395 g/mol. The van der Waals surface area contributed by atoms with Gasteiger partial charge in [0.05, 0.1) is 5.69 Å². The molecule has 0 spiro atoms. The van der Waals surface area contributed by atoms with Crippen molar-refractivity contribution >= 4 is 34.0 Å². The van der Waals surface area contributed by atoms with Gasteiger partial charge in [-0.3, -0.25) is 14.6 Å². The average Bonchev–Trinajstić information content (AvgIpc) is 2.80. The fourth-order valence-electron chi connectivity index (χ4n) is 3.43. The van der Waals surface area contributed by atoms with Crippen LogP contribution in [0.5, 0.6) is 0 Å². The quantitative estimate of drug-likeness (QED) is 0.508. The van der Waals surface area contributed by atoms with E-state index in [4.69, 9.17) is 0 Å². The van der Waals surface area contributed by atoms with Gasteiger partial charge in [-0.15, -0.1) is 0 Å². The predicted octanol–water partition coefficient (Wildman–Crippen LogP) is 5.15. The van der Waals surface area contributed by atoms with Gasteiger partial charge in [-0.05, 0) is 54.8 Å². The third kappa shape index (κ3) is 3.91. The number of pyridine rings is 1. The first-order valence-electron chi connectivity index (χ1n) is 9.78. The lowest BCUT2D eigenvalue weighted by Gasteiger charge is -2.23. The Morgan fingerprint density at radius 1 is 0.833 bits per heavy atom. The normalized spacial score (nSPS) is 10.6. The minimum Gasteiger partial charge on any atom is -0.322 e. The summed E-state index contributed by atoms with van der Waals surface area (Å²) < 4.78 is 0. The summed E-state index contributed by atoms with van der Waals surface area (Å²) in [6, 6.07) is 24.2. The van der Waals surface area contributed by atoms with Crippen LogP contribution >= 0.6 is 0 Å². The van der Waals surface area contributed by atoms with Crippen molar-refractivity contribution in [3.8, 4) is 0 Å². The summed E-state index contributed by atoms with van der Waals surface area (Å²) in [5.74, 6) is -0.303. The highest BCUT2D eigenvalue weighted by atomic mass is 16.2. The van der Waals surface area contributed by atoms with Crippen LogP contribution in [0.2, 0.25) is 0 Å². The van der Waals surface area contributed by atoms with Gasteiger partial charge < -0.3 is 10.2 Å². The van der Waals surface area contributed by atoms with E-state index in [1.54, 1.807) is 53.7 Å². The molecule has 0 radical (unpaired) electrons. The number of carbonyl (C=O) groups excluding carboxylic acids is 2. The van der Waals surface area contributed by atoms with Crippen LogP contribution < -0.4 is 10.2 Å². The smallest absolute Gasteiger partial charge is 0.258 e. The molecule has 0 fully saturated rings. The summed E-state index contributed by atoms with van der Waals surface area (Å²) in [7, 11) is 0. The van der Waals surface area contributed by atoms with E-state index in [-0.39, 0.29) is 11.8 Å². The molecule has 2 amide bonds. The number of rotatable bonds is 5. The van der Waals surface area contributed by atoms with Crippen LogP contribution in [0.4, 0.5) is 11.4 Å². The molecule has 3 aromatic carbocycles. The van der Waals surface area contributed by atoms with Gasteiger partial charge in [0.1, 0.15) is 0 Å². The molecule has 1 N–H and O–H groups in total. The van der Waals surface area contributed by atoms with E-state index in [1.807, 2.05) is 49.4 Å². The minimum atomic E-state index is -0.220. The van der Waals surface area contributed by atoms with E-state index < -0.39 is 0 Å². The van der Waals surface area contributed by atoms with Gasteiger partial charge in [0.15, 0.2) is 0 Å². The highest BCUT2D eigenvalue weighted by Crippen LogP contribution is 2.28. The van der Waals surface area contributed by atoms with Crippen LogP contribution in [0.15, 0.2) is 91.3 Å². The topological polar surface area (TPSA) is 62.3 Å². The van der Waals surface area contributed by atoms with Crippen LogP contribution in [0.1, 0.15) is 27.6 Å². The summed E-state index contributed by atoms with van der Waals surface area (Å²) in [6.07, 6.45) is 3.15. The molecule has 4 rings (SSSR count). The molecule has 1 heterocycles. The molecule has 0 aliphatic rings. The first-order valence-corrected chi connectivity index (χ1v) is 9.78. The zero-order valence-electron chi connectivity index (χ0n) is 16.6. The van der Waals surface area contributed by atoms with Gasteiger partial charge in [0, 0.05) is 41.1 Å². The minimum absolute atomic E-state index is 0.0825. The highest BCUT2D eigenvalue weighted by Gasteiger charge is 2.18. The maximum atomic E-state index is 13.2. The lowest BCUT2D eigenvalue weighted by molar-refractivity contribution is 0.0987. The molecule has 1 aromatic heterocycles. The SMILES string of the molecule is CCN(C(=O)c1ccc(NC(=O)c2ccncc2)cc1)c1cccc2ccccc12. The Labute approximate surface area is 175 Å². The second kappa shape index (κ2) is 8.57. The Morgan fingerprint density at radius 3 is 2.27 bits per heavy atom. The van der Waals surface area contributed by atoms with E-state index in [0.717, 1.165) is 16.5 Å². The second-order valence-electron chi connectivity index (χ2n) is 6.82. The van der Waals surface area contributed by atoms with Crippen LogP contribution in [0, 0.1) is 0 Å². The second-order valence-corrected chi connectivity index (χ2v) is 6.82. The zero-order valence-corrected chi connectivity index (χ0v) is 16.6. The number of nitrogens with zero attached hydrogens (tertiary/aromatic N) is 2. The maximum absolute atomic E-state index is 13.2. The molecule has 5 nitrogen and oxygen atoms in total. The Bertz CT molecular complexity index is 1180. The van der Waals surface area contributed by atoms with Crippen LogP contribution in [-0.2, 0) is 0 Å². The molecule has 4 aromatic rings. The molecule has 0 saturated heterocycles. The van der Waals surface area contributed by atoms with Crippen molar-refractivity contribution in [1.29, 1.82) is 0 Å². The highest BCUT2D eigenvalue weighted by molar-refractivity contribution is 6.11. The fourth-order valence-corrected chi connectivity index (χ4v) is 3.43. The first kappa shape index (κ1) is 19.3. The zero-order chi connectivity index (χ0) is 20.9. The Balaban J connectivity index is 1.56. The number of amides is 2. The number of benzene rings is 3. The molecule has 0 aliphatic carbocycles. The molecule has 0 aliphatic heterocycles. The number of hydrogen-bond donors (Lipinski definition) is 1. The van der Waals surface area contributed by atoms with Gasteiger partial charge in [-0.2, -0.15) is 0 Å².